The number of thiophene rings is 1. The summed E-state index contributed by atoms with van der Waals surface area (Å²) >= 11 is 1.76. The first-order chi connectivity index (χ1) is 7.74. The van der Waals surface area contributed by atoms with Crippen LogP contribution in [-0.4, -0.2) is 11.0 Å². The Morgan fingerprint density at radius 3 is 3.12 bits per heavy atom. The zero-order chi connectivity index (χ0) is 11.1. The number of aromatic nitrogens is 1. The summed E-state index contributed by atoms with van der Waals surface area (Å²) in [7, 11) is 0. The molecule has 1 N–H and O–H groups in total. The van der Waals surface area contributed by atoms with Gasteiger partial charge in [-0.1, -0.05) is 6.92 Å². The molecule has 3 rings (SSSR count). The quantitative estimate of drug-likeness (QED) is 0.877. The van der Waals surface area contributed by atoms with Crippen LogP contribution in [-0.2, 0) is 0 Å². The maximum Gasteiger partial charge on any atom is 0.0809 e. The second-order valence-corrected chi connectivity index (χ2v) is 5.73. The standard InChI is InChI=1S/C13H16N2S/c1-8-5-12(8)15-9(2)10-6-13-11(14-7-10)3-4-16-13/h3-4,6-9,12,15H,5H2,1-2H3. The van der Waals surface area contributed by atoms with E-state index in [0.29, 0.717) is 12.1 Å². The first-order valence-corrected chi connectivity index (χ1v) is 6.71. The summed E-state index contributed by atoms with van der Waals surface area (Å²) in [5, 5.41) is 5.74. The van der Waals surface area contributed by atoms with Crippen molar-refractivity contribution in [1.82, 2.24) is 10.3 Å². The van der Waals surface area contributed by atoms with Gasteiger partial charge in [0.15, 0.2) is 0 Å². The summed E-state index contributed by atoms with van der Waals surface area (Å²) in [5.41, 5.74) is 2.41. The molecule has 0 aromatic carbocycles. The lowest BCUT2D eigenvalue weighted by Crippen LogP contribution is -2.22. The topological polar surface area (TPSA) is 24.9 Å². The summed E-state index contributed by atoms with van der Waals surface area (Å²) in [6, 6.07) is 5.46. The van der Waals surface area contributed by atoms with Gasteiger partial charge in [-0.05, 0) is 42.3 Å². The average molecular weight is 232 g/mol. The molecular formula is C13H16N2S. The molecule has 1 aliphatic rings. The van der Waals surface area contributed by atoms with E-state index in [2.05, 4.69) is 41.7 Å². The molecule has 2 aromatic rings. The molecule has 1 aliphatic carbocycles. The Labute approximate surface area is 99.7 Å². The molecule has 0 bridgehead atoms. The van der Waals surface area contributed by atoms with Gasteiger partial charge in [-0.2, -0.15) is 0 Å². The number of hydrogen-bond donors (Lipinski definition) is 1. The highest BCUT2D eigenvalue weighted by Gasteiger charge is 2.33. The van der Waals surface area contributed by atoms with Gasteiger partial charge >= 0.3 is 0 Å². The van der Waals surface area contributed by atoms with Crippen LogP contribution in [0.1, 0.15) is 31.9 Å². The third-order valence-electron chi connectivity index (χ3n) is 3.40. The van der Waals surface area contributed by atoms with Crippen LogP contribution in [0.2, 0.25) is 0 Å². The molecule has 0 radical (unpaired) electrons. The maximum absolute atomic E-state index is 4.48. The summed E-state index contributed by atoms with van der Waals surface area (Å²) in [4.78, 5) is 4.48. The lowest BCUT2D eigenvalue weighted by Gasteiger charge is -2.13. The Morgan fingerprint density at radius 2 is 2.38 bits per heavy atom. The SMILES string of the molecule is CC(NC1CC1C)c1cnc2ccsc2c1. The third kappa shape index (κ3) is 1.85. The molecule has 84 valence electrons. The Bertz CT molecular complexity index is 505. The minimum atomic E-state index is 0.411. The van der Waals surface area contributed by atoms with Gasteiger partial charge in [0.1, 0.15) is 0 Å². The van der Waals surface area contributed by atoms with E-state index in [4.69, 9.17) is 0 Å². The van der Waals surface area contributed by atoms with Crippen LogP contribution >= 0.6 is 11.3 Å². The van der Waals surface area contributed by atoms with Gasteiger partial charge in [0.2, 0.25) is 0 Å². The summed E-state index contributed by atoms with van der Waals surface area (Å²) in [6.07, 6.45) is 3.32. The lowest BCUT2D eigenvalue weighted by molar-refractivity contribution is 0.551. The molecule has 0 aliphatic heterocycles. The highest BCUT2D eigenvalue weighted by atomic mass is 32.1. The minimum absolute atomic E-state index is 0.411. The number of pyridine rings is 1. The van der Waals surface area contributed by atoms with Crippen molar-refractivity contribution < 1.29 is 0 Å². The fourth-order valence-corrected chi connectivity index (χ4v) is 2.86. The summed E-state index contributed by atoms with van der Waals surface area (Å²) in [6.45, 7) is 4.52. The van der Waals surface area contributed by atoms with Crippen molar-refractivity contribution in [3.05, 3.63) is 29.3 Å². The van der Waals surface area contributed by atoms with E-state index in [-0.39, 0.29) is 0 Å². The molecule has 0 saturated heterocycles. The Kier molecular flexibility index (Phi) is 2.45. The smallest absolute Gasteiger partial charge is 0.0809 e. The number of fused-ring (bicyclic) bond motifs is 1. The minimum Gasteiger partial charge on any atom is -0.307 e. The molecule has 16 heavy (non-hydrogen) atoms. The first-order valence-electron chi connectivity index (χ1n) is 5.83. The second kappa shape index (κ2) is 3.82. The molecule has 1 saturated carbocycles. The van der Waals surface area contributed by atoms with Crippen molar-refractivity contribution in [1.29, 1.82) is 0 Å². The Hall–Kier alpha value is -0.930. The predicted octanol–water partition coefficient (Wildman–Crippen LogP) is 3.36. The van der Waals surface area contributed by atoms with Crippen LogP contribution in [0.4, 0.5) is 0 Å². The lowest BCUT2D eigenvalue weighted by atomic mass is 10.1. The highest BCUT2D eigenvalue weighted by Crippen LogP contribution is 2.32. The zero-order valence-electron chi connectivity index (χ0n) is 9.60. The van der Waals surface area contributed by atoms with Crippen LogP contribution in [0.25, 0.3) is 10.2 Å². The van der Waals surface area contributed by atoms with E-state index in [1.54, 1.807) is 11.3 Å². The van der Waals surface area contributed by atoms with Crippen LogP contribution in [0.15, 0.2) is 23.7 Å². The molecule has 0 spiro atoms. The van der Waals surface area contributed by atoms with Gasteiger partial charge in [0, 0.05) is 18.3 Å². The van der Waals surface area contributed by atoms with Gasteiger partial charge in [-0.25, -0.2) is 0 Å². The molecule has 2 aromatic heterocycles. The Morgan fingerprint density at radius 1 is 1.56 bits per heavy atom. The molecule has 3 heteroatoms. The van der Waals surface area contributed by atoms with Crippen molar-refractivity contribution >= 4 is 21.6 Å². The first kappa shape index (κ1) is 10.2. The second-order valence-electron chi connectivity index (χ2n) is 4.78. The van der Waals surface area contributed by atoms with Crippen LogP contribution in [0.3, 0.4) is 0 Å². The molecule has 1 fully saturated rings. The molecule has 3 unspecified atom stereocenters. The fourth-order valence-electron chi connectivity index (χ4n) is 2.07. The average Bonchev–Trinajstić information content (AvgIpc) is 2.81. The van der Waals surface area contributed by atoms with E-state index >= 15 is 0 Å². The summed E-state index contributed by atoms with van der Waals surface area (Å²) < 4.78 is 1.29. The molecular weight excluding hydrogens is 216 g/mol. The van der Waals surface area contributed by atoms with E-state index in [1.807, 2.05) is 6.20 Å². The molecule has 2 heterocycles. The largest absolute Gasteiger partial charge is 0.307 e. The van der Waals surface area contributed by atoms with Gasteiger partial charge in [0.25, 0.3) is 0 Å². The van der Waals surface area contributed by atoms with Crippen molar-refractivity contribution in [3.8, 4) is 0 Å². The predicted molar refractivity (Wildman–Crippen MR) is 68.7 cm³/mol. The third-order valence-corrected chi connectivity index (χ3v) is 4.25. The van der Waals surface area contributed by atoms with Gasteiger partial charge in [-0.3, -0.25) is 4.98 Å². The molecule has 3 atom stereocenters. The maximum atomic E-state index is 4.48. The normalized spacial score (nSPS) is 25.9. The number of hydrogen-bond acceptors (Lipinski definition) is 3. The molecule has 0 amide bonds. The van der Waals surface area contributed by atoms with Gasteiger partial charge < -0.3 is 5.32 Å². The number of nitrogens with zero attached hydrogens (tertiary/aromatic N) is 1. The van der Waals surface area contributed by atoms with E-state index < -0.39 is 0 Å². The van der Waals surface area contributed by atoms with Crippen molar-refractivity contribution in [2.24, 2.45) is 5.92 Å². The van der Waals surface area contributed by atoms with Crippen LogP contribution in [0, 0.1) is 5.92 Å². The summed E-state index contributed by atoms with van der Waals surface area (Å²) in [5.74, 6) is 0.848. The monoisotopic (exact) mass is 232 g/mol. The zero-order valence-corrected chi connectivity index (χ0v) is 10.4. The number of rotatable bonds is 3. The number of nitrogens with one attached hydrogen (secondary N) is 1. The van der Waals surface area contributed by atoms with Gasteiger partial charge in [-0.15, -0.1) is 11.3 Å². The van der Waals surface area contributed by atoms with E-state index in [9.17, 15) is 0 Å². The van der Waals surface area contributed by atoms with Crippen molar-refractivity contribution in [2.45, 2.75) is 32.4 Å². The van der Waals surface area contributed by atoms with Crippen LogP contribution in [0.5, 0.6) is 0 Å². The Balaban J connectivity index is 1.81. The van der Waals surface area contributed by atoms with Crippen molar-refractivity contribution in [3.63, 3.8) is 0 Å². The van der Waals surface area contributed by atoms with Gasteiger partial charge in [0.05, 0.1) is 10.2 Å². The van der Waals surface area contributed by atoms with Crippen molar-refractivity contribution in [2.75, 3.05) is 0 Å². The van der Waals surface area contributed by atoms with Crippen LogP contribution < -0.4 is 5.32 Å². The van der Waals surface area contributed by atoms with E-state index in [0.717, 1.165) is 11.4 Å². The highest BCUT2D eigenvalue weighted by molar-refractivity contribution is 7.17. The fraction of sp³-hybridized carbons (Fsp3) is 0.462. The van der Waals surface area contributed by atoms with E-state index in [1.165, 1.54) is 16.7 Å². The molecule has 2 nitrogen and oxygen atoms in total.